The molecule has 7 heteroatoms. The van der Waals surface area contributed by atoms with Crippen LogP contribution in [0.15, 0.2) is 59.6 Å². The Morgan fingerprint density at radius 1 is 1.09 bits per heavy atom. The number of hydrogen-bond acceptors (Lipinski definition) is 7. The third-order valence-electron chi connectivity index (χ3n) is 5.93. The maximum atomic E-state index is 12.4. The molecule has 0 aliphatic carbocycles. The molecule has 0 saturated heterocycles. The maximum absolute atomic E-state index is 12.4. The lowest BCUT2D eigenvalue weighted by Crippen LogP contribution is -2.24. The molecule has 1 aromatic heterocycles. The highest BCUT2D eigenvalue weighted by molar-refractivity contribution is 7.09. The van der Waals surface area contributed by atoms with Crippen LogP contribution in [0.4, 0.5) is 5.69 Å². The molecule has 0 N–H and O–H groups in total. The summed E-state index contributed by atoms with van der Waals surface area (Å²) in [4.78, 5) is 19.1. The van der Waals surface area contributed by atoms with Crippen LogP contribution in [0.3, 0.4) is 0 Å². The number of nitrogens with zero attached hydrogens (tertiary/aromatic N) is 2. The lowest BCUT2D eigenvalue weighted by Gasteiger charge is -2.24. The van der Waals surface area contributed by atoms with E-state index in [0.29, 0.717) is 31.8 Å². The molecule has 0 spiro atoms. The molecule has 0 fully saturated rings. The van der Waals surface area contributed by atoms with Crippen molar-refractivity contribution in [2.24, 2.45) is 0 Å². The van der Waals surface area contributed by atoms with Crippen molar-refractivity contribution in [2.75, 3.05) is 38.4 Å². The summed E-state index contributed by atoms with van der Waals surface area (Å²) >= 11 is 1.64. The predicted molar refractivity (Wildman–Crippen MR) is 141 cm³/mol. The molecule has 1 aliphatic rings. The van der Waals surface area contributed by atoms with Crippen molar-refractivity contribution in [3.8, 4) is 16.9 Å². The van der Waals surface area contributed by atoms with Crippen LogP contribution in [-0.2, 0) is 20.8 Å². The van der Waals surface area contributed by atoms with E-state index in [-0.39, 0.29) is 5.97 Å². The number of rotatable bonds is 11. The molecule has 0 atom stereocenters. The second-order valence-corrected chi connectivity index (χ2v) is 9.35. The summed E-state index contributed by atoms with van der Waals surface area (Å²) in [7, 11) is 1.43. The molecule has 1 aliphatic heterocycles. The van der Waals surface area contributed by atoms with Gasteiger partial charge in [0.2, 0.25) is 0 Å². The van der Waals surface area contributed by atoms with E-state index in [1.54, 1.807) is 11.3 Å². The fraction of sp³-hybridized carbons (Fsp3) is 0.357. The van der Waals surface area contributed by atoms with Crippen LogP contribution in [0.5, 0.6) is 5.75 Å². The SMILES string of the molecule is CCCCOCCOc1ccc(-c2ccc3c(c2)C=C(C(=O)OC)CCN3Cc2nccs2)cc1. The van der Waals surface area contributed by atoms with E-state index >= 15 is 0 Å². The Balaban J connectivity index is 1.51. The number of benzene rings is 2. The van der Waals surface area contributed by atoms with Gasteiger partial charge in [-0.25, -0.2) is 9.78 Å². The van der Waals surface area contributed by atoms with Crippen LogP contribution in [0.2, 0.25) is 0 Å². The second-order valence-electron chi connectivity index (χ2n) is 8.37. The van der Waals surface area contributed by atoms with Crippen molar-refractivity contribution in [2.45, 2.75) is 32.7 Å². The minimum Gasteiger partial charge on any atom is -0.491 e. The van der Waals surface area contributed by atoms with Crippen LogP contribution < -0.4 is 9.64 Å². The van der Waals surface area contributed by atoms with E-state index in [4.69, 9.17) is 14.2 Å². The van der Waals surface area contributed by atoms with Gasteiger partial charge in [0, 0.05) is 36.0 Å². The number of aromatic nitrogens is 1. The first-order chi connectivity index (χ1) is 17.2. The van der Waals surface area contributed by atoms with Crippen molar-refractivity contribution < 1.29 is 19.0 Å². The van der Waals surface area contributed by atoms with Crippen molar-refractivity contribution in [3.63, 3.8) is 0 Å². The van der Waals surface area contributed by atoms with Crippen LogP contribution >= 0.6 is 11.3 Å². The molecule has 184 valence electrons. The van der Waals surface area contributed by atoms with Crippen LogP contribution in [0.1, 0.15) is 36.8 Å². The van der Waals surface area contributed by atoms with Gasteiger partial charge < -0.3 is 19.1 Å². The van der Waals surface area contributed by atoms with E-state index in [9.17, 15) is 4.79 Å². The summed E-state index contributed by atoms with van der Waals surface area (Å²) in [6, 6.07) is 14.5. The first-order valence-electron chi connectivity index (χ1n) is 12.0. The van der Waals surface area contributed by atoms with Crippen molar-refractivity contribution in [1.29, 1.82) is 0 Å². The molecule has 0 saturated carbocycles. The quantitative estimate of drug-likeness (QED) is 0.243. The van der Waals surface area contributed by atoms with Crippen molar-refractivity contribution in [3.05, 3.63) is 70.2 Å². The Kier molecular flexibility index (Phi) is 8.92. The van der Waals surface area contributed by atoms with E-state index in [1.165, 1.54) is 7.11 Å². The van der Waals surface area contributed by atoms with Gasteiger partial charge in [0.1, 0.15) is 17.4 Å². The number of hydrogen-bond donors (Lipinski definition) is 0. The smallest absolute Gasteiger partial charge is 0.333 e. The van der Waals surface area contributed by atoms with Gasteiger partial charge in [0.05, 0.1) is 20.3 Å². The molecule has 3 aromatic rings. The second kappa shape index (κ2) is 12.5. The summed E-state index contributed by atoms with van der Waals surface area (Å²) < 4.78 is 16.4. The third kappa shape index (κ3) is 6.71. The predicted octanol–water partition coefficient (Wildman–Crippen LogP) is 5.97. The number of unbranched alkanes of at least 4 members (excludes halogenated alkanes) is 1. The number of carbonyl (C=O) groups excluding carboxylic acids is 1. The van der Waals surface area contributed by atoms with Crippen LogP contribution in [-0.4, -0.2) is 44.4 Å². The monoisotopic (exact) mass is 492 g/mol. The van der Waals surface area contributed by atoms with Crippen molar-refractivity contribution in [1.82, 2.24) is 4.98 Å². The van der Waals surface area contributed by atoms with Crippen LogP contribution in [0.25, 0.3) is 17.2 Å². The zero-order valence-electron chi connectivity index (χ0n) is 20.4. The normalized spacial score (nSPS) is 13.1. The number of carbonyl (C=O) groups is 1. The topological polar surface area (TPSA) is 60.9 Å². The standard InChI is InChI=1S/C28H32N2O4S/c1-3-4-14-33-15-16-34-25-8-5-21(6-9-25)22-7-10-26-24(18-22)19-23(28(31)32-2)11-13-30(26)20-27-29-12-17-35-27/h5-10,12,17-19H,3-4,11,13-16,20H2,1-2H3. The molecule has 0 radical (unpaired) electrons. The lowest BCUT2D eigenvalue weighted by molar-refractivity contribution is -0.136. The van der Waals surface area contributed by atoms with Crippen LogP contribution in [0, 0.1) is 0 Å². The first-order valence-corrected chi connectivity index (χ1v) is 12.9. The highest BCUT2D eigenvalue weighted by Gasteiger charge is 2.21. The average molecular weight is 493 g/mol. The van der Waals surface area contributed by atoms with Gasteiger partial charge in [-0.15, -0.1) is 11.3 Å². The Labute approximate surface area is 211 Å². The van der Waals surface area contributed by atoms with Crippen molar-refractivity contribution >= 4 is 29.1 Å². The largest absolute Gasteiger partial charge is 0.491 e. The van der Waals surface area contributed by atoms with Gasteiger partial charge in [-0.3, -0.25) is 0 Å². The van der Waals surface area contributed by atoms with Gasteiger partial charge in [0.25, 0.3) is 0 Å². The number of fused-ring (bicyclic) bond motifs is 1. The number of anilines is 1. The zero-order valence-corrected chi connectivity index (χ0v) is 21.2. The summed E-state index contributed by atoms with van der Waals surface area (Å²) in [6.07, 6.45) is 6.62. The highest BCUT2D eigenvalue weighted by atomic mass is 32.1. The van der Waals surface area contributed by atoms with E-state index in [2.05, 4.69) is 47.1 Å². The first kappa shape index (κ1) is 24.9. The van der Waals surface area contributed by atoms with E-state index in [1.807, 2.05) is 29.8 Å². The molecule has 2 heterocycles. The van der Waals surface area contributed by atoms with E-state index in [0.717, 1.165) is 59.1 Å². The van der Waals surface area contributed by atoms with Gasteiger partial charge in [-0.05, 0) is 59.9 Å². The highest BCUT2D eigenvalue weighted by Crippen LogP contribution is 2.34. The van der Waals surface area contributed by atoms with Gasteiger partial charge >= 0.3 is 5.97 Å². The Bertz CT molecular complexity index is 1130. The molecule has 6 nitrogen and oxygen atoms in total. The number of methoxy groups -OCH3 is 1. The molecule has 0 unspecified atom stereocenters. The molecule has 0 bridgehead atoms. The number of esters is 1. The van der Waals surface area contributed by atoms with Gasteiger partial charge in [0.15, 0.2) is 0 Å². The fourth-order valence-electron chi connectivity index (χ4n) is 4.03. The molecule has 4 rings (SSSR count). The summed E-state index contributed by atoms with van der Waals surface area (Å²) in [5.74, 6) is 0.544. The molecular formula is C28H32N2O4S. The minimum absolute atomic E-state index is 0.280. The average Bonchev–Trinajstić information content (AvgIpc) is 3.34. The maximum Gasteiger partial charge on any atom is 0.333 e. The third-order valence-corrected chi connectivity index (χ3v) is 6.70. The van der Waals surface area contributed by atoms with Gasteiger partial charge in [-0.2, -0.15) is 0 Å². The summed E-state index contributed by atoms with van der Waals surface area (Å²) in [5.41, 5.74) is 4.93. The van der Waals surface area contributed by atoms with Gasteiger partial charge in [-0.1, -0.05) is 31.5 Å². The minimum atomic E-state index is -0.280. The fourth-order valence-corrected chi connectivity index (χ4v) is 4.67. The molecule has 35 heavy (non-hydrogen) atoms. The lowest BCUT2D eigenvalue weighted by atomic mass is 10.00. The molecule has 0 amide bonds. The summed E-state index contributed by atoms with van der Waals surface area (Å²) in [6.45, 7) is 5.50. The number of ether oxygens (including phenoxy) is 3. The Hall–Kier alpha value is -3.16. The Morgan fingerprint density at radius 3 is 2.66 bits per heavy atom. The number of thiazole rings is 1. The summed E-state index contributed by atoms with van der Waals surface area (Å²) in [5, 5.41) is 3.04. The Morgan fingerprint density at radius 2 is 1.91 bits per heavy atom. The molecule has 2 aromatic carbocycles. The molecular weight excluding hydrogens is 460 g/mol. The zero-order chi connectivity index (χ0) is 24.5. The van der Waals surface area contributed by atoms with E-state index < -0.39 is 0 Å².